The molecule has 159 valence electrons. The van der Waals surface area contributed by atoms with E-state index in [1.165, 1.54) is 11.4 Å². The normalized spacial score (nSPS) is 11.9. The van der Waals surface area contributed by atoms with Crippen molar-refractivity contribution >= 4 is 34.1 Å². The monoisotopic (exact) mass is 584 g/mol. The number of nitrogens with zero attached hydrogens (tertiary/aromatic N) is 3. The summed E-state index contributed by atoms with van der Waals surface area (Å²) in [5.41, 5.74) is 6.91. The largest absolute Gasteiger partial charge is 0.358 e. The second-order valence-electron chi connectivity index (χ2n) is 7.19. The van der Waals surface area contributed by atoms with E-state index >= 15 is 0 Å². The van der Waals surface area contributed by atoms with Crippen molar-refractivity contribution in [3.8, 4) is 0 Å². The summed E-state index contributed by atoms with van der Waals surface area (Å²) in [5, 5.41) is 0. The molecule has 1 radical (unpaired) electrons. The van der Waals surface area contributed by atoms with Crippen LogP contribution in [0.5, 0.6) is 0 Å². The minimum atomic E-state index is 0. The van der Waals surface area contributed by atoms with Crippen LogP contribution < -0.4 is 14.7 Å². The van der Waals surface area contributed by atoms with Gasteiger partial charge >= 0.3 is 0 Å². The predicted octanol–water partition coefficient (Wildman–Crippen LogP) is 6.95. The third-order valence-electron chi connectivity index (χ3n) is 5.29. The Bertz CT molecular complexity index is 1080. The third-order valence-corrected chi connectivity index (χ3v) is 5.29. The van der Waals surface area contributed by atoms with E-state index in [2.05, 4.69) is 113 Å². The summed E-state index contributed by atoms with van der Waals surface area (Å²) in [5.74, 6) is 0. The van der Waals surface area contributed by atoms with Gasteiger partial charge in [0.25, 0.3) is 0 Å². The molecule has 4 aromatic rings. The zero-order valence-corrected chi connectivity index (χ0v) is 20.1. The summed E-state index contributed by atoms with van der Waals surface area (Å²) in [7, 11) is 2.13. The Morgan fingerprint density at radius 1 is 0.710 bits per heavy atom. The number of fused-ring (bicyclic) bond motifs is 1. The fourth-order valence-electron chi connectivity index (χ4n) is 3.92. The molecule has 0 N–H and O–H groups in total. The molecule has 0 saturated carbocycles. The van der Waals surface area contributed by atoms with E-state index < -0.39 is 0 Å². The molecule has 0 amide bonds. The van der Waals surface area contributed by atoms with Crippen LogP contribution in [0.15, 0.2) is 103 Å². The van der Waals surface area contributed by atoms with Gasteiger partial charge in [0.15, 0.2) is 0 Å². The first-order valence-corrected chi connectivity index (χ1v) is 9.81. The predicted molar refractivity (Wildman–Crippen MR) is 128 cm³/mol. The molecule has 4 heteroatoms. The molecule has 5 rings (SSSR count). The van der Waals surface area contributed by atoms with Crippen LogP contribution in [0, 0.1) is 13.5 Å². The Morgan fingerprint density at radius 2 is 1.26 bits per heavy atom. The van der Waals surface area contributed by atoms with Gasteiger partial charge in [0.05, 0.1) is 18.0 Å². The van der Waals surface area contributed by atoms with Crippen LogP contribution in [0.3, 0.4) is 0 Å². The van der Waals surface area contributed by atoms with E-state index in [0.717, 1.165) is 29.4 Å². The number of rotatable bonds is 4. The Kier molecular flexibility index (Phi) is 7.17. The molecule has 31 heavy (non-hydrogen) atoms. The fraction of sp³-hybridized carbons (Fsp3) is 0.0741. The first-order chi connectivity index (χ1) is 14.3. The summed E-state index contributed by atoms with van der Waals surface area (Å²) >= 11 is 0. The minimum Gasteiger partial charge on any atom is -0.358 e. The summed E-state index contributed by atoms with van der Waals surface area (Å²) in [6.07, 6.45) is 0. The molecule has 1 aliphatic rings. The topological polar surface area (TPSA) is 9.72 Å². The van der Waals surface area contributed by atoms with Gasteiger partial charge in [0, 0.05) is 38.5 Å². The smallest absolute Gasteiger partial charge is 0.0927 e. The van der Waals surface area contributed by atoms with Gasteiger partial charge in [-0.2, -0.15) is 12.1 Å². The average molecular weight is 584 g/mol. The van der Waals surface area contributed by atoms with Crippen LogP contribution in [0.25, 0.3) is 0 Å². The van der Waals surface area contributed by atoms with Crippen LogP contribution in [-0.4, -0.2) is 13.7 Å². The molecule has 1 aliphatic heterocycles. The van der Waals surface area contributed by atoms with Gasteiger partial charge in [-0.05, 0) is 36.4 Å². The van der Waals surface area contributed by atoms with Crippen molar-refractivity contribution in [3.05, 3.63) is 117 Å². The summed E-state index contributed by atoms with van der Waals surface area (Å²) in [6.45, 7) is 0.815. The van der Waals surface area contributed by atoms with Crippen LogP contribution in [0.4, 0.5) is 34.1 Å². The van der Waals surface area contributed by atoms with Crippen molar-refractivity contribution < 1.29 is 20.1 Å². The van der Waals surface area contributed by atoms with Gasteiger partial charge < -0.3 is 22.1 Å². The summed E-state index contributed by atoms with van der Waals surface area (Å²) < 4.78 is 0. The van der Waals surface area contributed by atoms with Gasteiger partial charge in [-0.15, -0.1) is 12.1 Å². The molecule has 0 spiro atoms. The maximum Gasteiger partial charge on any atom is 0.0927 e. The number of hydrogen-bond donors (Lipinski definition) is 0. The first-order valence-electron chi connectivity index (χ1n) is 9.81. The zero-order valence-electron chi connectivity index (χ0n) is 17.7. The quantitative estimate of drug-likeness (QED) is 0.241. The molecule has 0 aromatic heterocycles. The van der Waals surface area contributed by atoms with Crippen LogP contribution in [-0.2, 0) is 20.1 Å². The van der Waals surface area contributed by atoms with Crippen molar-refractivity contribution in [1.82, 2.24) is 0 Å². The molecule has 0 unspecified atom stereocenters. The van der Waals surface area contributed by atoms with Crippen LogP contribution >= 0.6 is 0 Å². The molecular formula is C27H25IrN3-2. The Hall–Kier alpha value is -3.07. The maximum atomic E-state index is 3.44. The molecule has 0 fully saturated rings. The van der Waals surface area contributed by atoms with Crippen molar-refractivity contribution in [1.29, 1.82) is 0 Å². The number of benzene rings is 4. The second-order valence-corrected chi connectivity index (χ2v) is 7.19. The van der Waals surface area contributed by atoms with E-state index in [-0.39, 0.29) is 27.5 Å². The summed E-state index contributed by atoms with van der Waals surface area (Å²) in [4.78, 5) is 6.86. The third kappa shape index (κ3) is 4.36. The van der Waals surface area contributed by atoms with E-state index in [1.54, 1.807) is 0 Å². The molecule has 0 bridgehead atoms. The van der Waals surface area contributed by atoms with Gasteiger partial charge in [0.2, 0.25) is 0 Å². The molecule has 0 atom stereocenters. The molecule has 4 aromatic carbocycles. The second kappa shape index (κ2) is 9.82. The minimum absolute atomic E-state index is 0. The van der Waals surface area contributed by atoms with E-state index in [4.69, 9.17) is 0 Å². The molecule has 3 nitrogen and oxygen atoms in total. The zero-order chi connectivity index (χ0) is 19.6. The maximum absolute atomic E-state index is 3.44. The average Bonchev–Trinajstić information content (AvgIpc) is 3.13. The van der Waals surface area contributed by atoms with Crippen LogP contribution in [0.1, 0.15) is 0 Å². The summed E-state index contributed by atoms with van der Waals surface area (Å²) in [6, 6.07) is 39.3. The van der Waals surface area contributed by atoms with Crippen molar-refractivity contribution in [3.63, 3.8) is 0 Å². The van der Waals surface area contributed by atoms with Gasteiger partial charge in [-0.1, -0.05) is 59.9 Å². The standard InChI is InChI=1S/C26H22N3.CH3.Ir/c1-27-20-28(26-18-9-8-17-25(26)27)23-15-10-16-24(19-23)29(21-11-4-2-5-12-21)22-13-6-3-7-14-22;;/h2-14,16-19H,20H2,1H3;1H3;/q2*-1;. The van der Waals surface area contributed by atoms with E-state index in [0.29, 0.717) is 0 Å². The first kappa shape index (κ1) is 22.6. The molecule has 0 saturated heterocycles. The van der Waals surface area contributed by atoms with Gasteiger partial charge in [-0.3, -0.25) is 0 Å². The van der Waals surface area contributed by atoms with E-state index in [9.17, 15) is 0 Å². The van der Waals surface area contributed by atoms with Crippen molar-refractivity contribution in [2.45, 2.75) is 0 Å². The SMILES string of the molecule is CN1CN(c2[c-]ccc(N(c3ccccc3)c3ccccc3)c2)c2ccccc21.[CH3-].[Ir]. The van der Waals surface area contributed by atoms with Gasteiger partial charge in [-0.25, -0.2) is 0 Å². The molecular weight excluding hydrogens is 559 g/mol. The van der Waals surface area contributed by atoms with E-state index in [1.807, 2.05) is 18.2 Å². The van der Waals surface area contributed by atoms with Crippen molar-refractivity contribution in [2.24, 2.45) is 0 Å². The van der Waals surface area contributed by atoms with Gasteiger partial charge in [0.1, 0.15) is 0 Å². The Labute approximate surface area is 198 Å². The molecule has 1 heterocycles. The Morgan fingerprint density at radius 3 is 1.87 bits per heavy atom. The Balaban J connectivity index is 0.00000136. The fourth-order valence-corrected chi connectivity index (χ4v) is 3.92. The number of hydrogen-bond acceptors (Lipinski definition) is 3. The van der Waals surface area contributed by atoms with Crippen molar-refractivity contribution in [2.75, 3.05) is 28.4 Å². The number of anilines is 6. The molecule has 0 aliphatic carbocycles. The number of para-hydroxylation sites is 4. The van der Waals surface area contributed by atoms with Crippen LogP contribution in [0.2, 0.25) is 0 Å².